The van der Waals surface area contributed by atoms with Crippen molar-refractivity contribution < 1.29 is 23.4 Å². The predicted octanol–water partition coefficient (Wildman–Crippen LogP) is 2.37. The largest absolute Gasteiger partial charge is 0.497 e. The van der Waals surface area contributed by atoms with E-state index >= 15 is 0 Å². The van der Waals surface area contributed by atoms with Gasteiger partial charge in [0, 0.05) is 11.6 Å². The van der Waals surface area contributed by atoms with Crippen LogP contribution in [-0.2, 0) is 4.79 Å². The van der Waals surface area contributed by atoms with E-state index in [4.69, 9.17) is 14.2 Å². The van der Waals surface area contributed by atoms with Gasteiger partial charge in [-0.05, 0) is 24.3 Å². The summed E-state index contributed by atoms with van der Waals surface area (Å²) in [5, 5.41) is 3.82. The molecule has 0 bridgehead atoms. The number of hydrogen-bond donors (Lipinski definition) is 1. The van der Waals surface area contributed by atoms with Crippen molar-refractivity contribution in [3.8, 4) is 17.2 Å². The Balaban J connectivity index is 1.89. The second-order valence-electron chi connectivity index (χ2n) is 4.62. The van der Waals surface area contributed by atoms with Gasteiger partial charge in [0.1, 0.15) is 11.5 Å². The first-order chi connectivity index (χ1) is 11.6. The zero-order valence-corrected chi connectivity index (χ0v) is 13.3. The SMILES string of the molecule is COc1ccc(/C=N\NC(=O)COc2ccccc2F)c(OC)c1. The molecule has 0 aliphatic rings. The van der Waals surface area contributed by atoms with Gasteiger partial charge in [-0.15, -0.1) is 0 Å². The number of halogens is 1. The number of amides is 1. The Hall–Kier alpha value is -3.09. The van der Waals surface area contributed by atoms with Crippen LogP contribution in [0.2, 0.25) is 0 Å². The fourth-order valence-electron chi connectivity index (χ4n) is 1.84. The molecule has 0 fully saturated rings. The highest BCUT2D eigenvalue weighted by Crippen LogP contribution is 2.23. The Bertz CT molecular complexity index is 734. The van der Waals surface area contributed by atoms with Crippen molar-refractivity contribution >= 4 is 12.1 Å². The molecule has 0 aliphatic carbocycles. The van der Waals surface area contributed by atoms with Crippen LogP contribution >= 0.6 is 0 Å². The quantitative estimate of drug-likeness (QED) is 0.624. The molecule has 0 aliphatic heterocycles. The minimum absolute atomic E-state index is 0.00783. The topological polar surface area (TPSA) is 69.2 Å². The maximum absolute atomic E-state index is 13.3. The van der Waals surface area contributed by atoms with E-state index in [1.54, 1.807) is 31.4 Å². The summed E-state index contributed by atoms with van der Waals surface area (Å²) in [6, 6.07) is 11.0. The van der Waals surface area contributed by atoms with Crippen LogP contribution in [0, 0.1) is 5.82 Å². The molecule has 1 amide bonds. The second kappa shape index (κ2) is 8.52. The first kappa shape index (κ1) is 17.3. The minimum Gasteiger partial charge on any atom is -0.497 e. The molecule has 6 nitrogen and oxygen atoms in total. The molecular formula is C17H17FN2O4. The summed E-state index contributed by atoms with van der Waals surface area (Å²) in [7, 11) is 3.07. The number of nitrogens with one attached hydrogen (secondary N) is 1. The van der Waals surface area contributed by atoms with E-state index in [0.717, 1.165) is 0 Å². The zero-order chi connectivity index (χ0) is 17.4. The lowest BCUT2D eigenvalue weighted by Crippen LogP contribution is -2.24. The molecule has 0 unspecified atom stereocenters. The molecule has 0 saturated carbocycles. The van der Waals surface area contributed by atoms with Crippen LogP contribution < -0.4 is 19.6 Å². The van der Waals surface area contributed by atoms with Gasteiger partial charge in [-0.25, -0.2) is 9.82 Å². The van der Waals surface area contributed by atoms with Gasteiger partial charge < -0.3 is 14.2 Å². The number of hydrazone groups is 1. The minimum atomic E-state index is -0.531. The van der Waals surface area contributed by atoms with Gasteiger partial charge >= 0.3 is 0 Å². The Morgan fingerprint density at radius 2 is 1.96 bits per heavy atom. The van der Waals surface area contributed by atoms with E-state index in [-0.39, 0.29) is 12.4 Å². The third kappa shape index (κ3) is 4.70. The molecule has 126 valence electrons. The number of para-hydroxylation sites is 1. The molecule has 0 spiro atoms. The van der Waals surface area contributed by atoms with Gasteiger partial charge in [-0.2, -0.15) is 5.10 Å². The highest BCUT2D eigenvalue weighted by molar-refractivity contribution is 5.85. The molecule has 1 N–H and O–H groups in total. The number of rotatable bonds is 7. The van der Waals surface area contributed by atoms with Crippen LogP contribution in [0.25, 0.3) is 0 Å². The van der Waals surface area contributed by atoms with Crippen molar-refractivity contribution in [2.45, 2.75) is 0 Å². The lowest BCUT2D eigenvalue weighted by atomic mass is 10.2. The fourth-order valence-corrected chi connectivity index (χ4v) is 1.84. The van der Waals surface area contributed by atoms with E-state index < -0.39 is 11.7 Å². The standard InChI is InChI=1S/C17H17FN2O4/c1-22-13-8-7-12(16(9-13)23-2)10-19-20-17(21)11-24-15-6-4-3-5-14(15)18/h3-10H,11H2,1-2H3,(H,20,21)/b19-10-. The van der Waals surface area contributed by atoms with Crippen molar-refractivity contribution in [3.05, 3.63) is 53.8 Å². The van der Waals surface area contributed by atoms with Gasteiger partial charge in [0.15, 0.2) is 18.2 Å². The molecular weight excluding hydrogens is 315 g/mol. The Labute approximate surface area is 138 Å². The number of carbonyl (C=O) groups is 1. The maximum atomic E-state index is 13.3. The maximum Gasteiger partial charge on any atom is 0.277 e. The van der Waals surface area contributed by atoms with Gasteiger partial charge in [-0.3, -0.25) is 4.79 Å². The Morgan fingerprint density at radius 3 is 2.67 bits per heavy atom. The predicted molar refractivity (Wildman–Crippen MR) is 87.2 cm³/mol. The Kier molecular flexibility index (Phi) is 6.13. The third-order valence-corrected chi connectivity index (χ3v) is 3.03. The zero-order valence-electron chi connectivity index (χ0n) is 13.3. The van der Waals surface area contributed by atoms with Crippen molar-refractivity contribution in [1.29, 1.82) is 0 Å². The molecule has 2 aromatic rings. The average Bonchev–Trinajstić information content (AvgIpc) is 2.61. The number of benzene rings is 2. The Morgan fingerprint density at radius 1 is 1.17 bits per heavy atom. The van der Waals surface area contributed by atoms with E-state index in [0.29, 0.717) is 17.1 Å². The molecule has 0 radical (unpaired) electrons. The summed E-state index contributed by atoms with van der Waals surface area (Å²) < 4.78 is 28.7. The number of hydrogen-bond acceptors (Lipinski definition) is 5. The van der Waals surface area contributed by atoms with E-state index in [1.165, 1.54) is 31.5 Å². The van der Waals surface area contributed by atoms with Crippen LogP contribution in [-0.4, -0.2) is 32.9 Å². The number of methoxy groups -OCH3 is 2. The van der Waals surface area contributed by atoms with Crippen LogP contribution in [0.5, 0.6) is 17.2 Å². The van der Waals surface area contributed by atoms with Gasteiger partial charge in [0.05, 0.1) is 20.4 Å². The first-order valence-corrected chi connectivity index (χ1v) is 7.05. The normalized spacial score (nSPS) is 10.5. The molecule has 0 heterocycles. The molecule has 7 heteroatoms. The molecule has 0 aromatic heterocycles. The summed E-state index contributed by atoms with van der Waals surface area (Å²) in [5.74, 6) is 0.161. The van der Waals surface area contributed by atoms with E-state index in [9.17, 15) is 9.18 Å². The number of ether oxygens (including phenoxy) is 3. The third-order valence-electron chi connectivity index (χ3n) is 3.03. The molecule has 24 heavy (non-hydrogen) atoms. The van der Waals surface area contributed by atoms with Crippen molar-refractivity contribution in [2.75, 3.05) is 20.8 Å². The average molecular weight is 332 g/mol. The smallest absolute Gasteiger partial charge is 0.277 e. The summed E-state index contributed by atoms with van der Waals surface area (Å²) >= 11 is 0. The number of carbonyl (C=O) groups excluding carboxylic acids is 1. The summed E-state index contributed by atoms with van der Waals surface area (Å²) in [4.78, 5) is 11.6. The monoisotopic (exact) mass is 332 g/mol. The molecule has 0 atom stereocenters. The summed E-state index contributed by atoms with van der Waals surface area (Å²) in [6.07, 6.45) is 1.43. The van der Waals surface area contributed by atoms with Crippen molar-refractivity contribution in [2.24, 2.45) is 5.10 Å². The lowest BCUT2D eigenvalue weighted by molar-refractivity contribution is -0.123. The highest BCUT2D eigenvalue weighted by Gasteiger charge is 2.06. The number of nitrogens with zero attached hydrogens (tertiary/aromatic N) is 1. The van der Waals surface area contributed by atoms with E-state index in [1.807, 2.05) is 0 Å². The highest BCUT2D eigenvalue weighted by atomic mass is 19.1. The fraction of sp³-hybridized carbons (Fsp3) is 0.176. The summed E-state index contributed by atoms with van der Waals surface area (Å²) in [5.41, 5.74) is 2.96. The molecule has 2 aromatic carbocycles. The van der Waals surface area contributed by atoms with Crippen LogP contribution in [0.1, 0.15) is 5.56 Å². The molecule has 2 rings (SSSR count). The van der Waals surface area contributed by atoms with Gasteiger partial charge in [0.25, 0.3) is 5.91 Å². The summed E-state index contributed by atoms with van der Waals surface area (Å²) in [6.45, 7) is -0.349. The molecule has 0 saturated heterocycles. The van der Waals surface area contributed by atoms with E-state index in [2.05, 4.69) is 10.5 Å². The second-order valence-corrected chi connectivity index (χ2v) is 4.62. The van der Waals surface area contributed by atoms with Gasteiger partial charge in [0.2, 0.25) is 0 Å². The van der Waals surface area contributed by atoms with Gasteiger partial charge in [-0.1, -0.05) is 12.1 Å². The van der Waals surface area contributed by atoms with Crippen LogP contribution in [0.15, 0.2) is 47.6 Å². The van der Waals surface area contributed by atoms with Crippen LogP contribution in [0.3, 0.4) is 0 Å². The van der Waals surface area contributed by atoms with Crippen molar-refractivity contribution in [3.63, 3.8) is 0 Å². The first-order valence-electron chi connectivity index (χ1n) is 7.05. The van der Waals surface area contributed by atoms with Crippen LogP contribution in [0.4, 0.5) is 4.39 Å². The lowest BCUT2D eigenvalue weighted by Gasteiger charge is -2.07. The van der Waals surface area contributed by atoms with Crippen molar-refractivity contribution in [1.82, 2.24) is 5.43 Å².